The van der Waals surface area contributed by atoms with Crippen molar-refractivity contribution < 1.29 is 13.5 Å². The number of aromatic nitrogens is 4. The molecule has 0 spiro atoms. The Kier molecular flexibility index (Phi) is 5.71. The normalized spacial score (nSPS) is 17.8. The first kappa shape index (κ1) is 21.7. The molecule has 0 aliphatic carbocycles. The summed E-state index contributed by atoms with van der Waals surface area (Å²) >= 11 is 0. The number of imidazole rings is 1. The molecule has 1 aliphatic rings. The van der Waals surface area contributed by atoms with Crippen LogP contribution in [0.2, 0.25) is 0 Å². The van der Waals surface area contributed by atoms with E-state index in [1.54, 1.807) is 35.9 Å². The number of aliphatic hydroxyl groups is 1. The number of hydrogen-bond donors (Lipinski definition) is 1. The molecule has 2 aromatic heterocycles. The number of aliphatic hydroxyl groups excluding tert-OH is 1. The highest BCUT2D eigenvalue weighted by molar-refractivity contribution is 7.89. The zero-order valence-corrected chi connectivity index (χ0v) is 18.7. The highest BCUT2D eigenvalue weighted by Gasteiger charge is 2.40. The van der Waals surface area contributed by atoms with Gasteiger partial charge in [-0.3, -0.25) is 9.36 Å². The van der Waals surface area contributed by atoms with Crippen LogP contribution in [0.4, 0.5) is 0 Å². The van der Waals surface area contributed by atoms with E-state index in [0.717, 1.165) is 0 Å². The number of rotatable bonds is 6. The van der Waals surface area contributed by atoms with Crippen molar-refractivity contribution in [2.24, 2.45) is 7.05 Å². The summed E-state index contributed by atoms with van der Waals surface area (Å²) in [7, 11) is -2.10. The molecule has 1 aliphatic heterocycles. The average molecular weight is 446 g/mol. The van der Waals surface area contributed by atoms with Crippen molar-refractivity contribution in [2.75, 3.05) is 13.2 Å². The van der Waals surface area contributed by atoms with Crippen LogP contribution in [0.15, 0.2) is 40.3 Å². The van der Waals surface area contributed by atoms with Crippen molar-refractivity contribution in [3.8, 4) is 0 Å². The lowest BCUT2D eigenvalue weighted by molar-refractivity contribution is 0.265. The van der Waals surface area contributed by atoms with Crippen LogP contribution in [0.1, 0.15) is 50.3 Å². The molecule has 10 heteroatoms. The predicted octanol–water partition coefficient (Wildman–Crippen LogP) is 1.77. The summed E-state index contributed by atoms with van der Waals surface area (Å²) in [6.45, 7) is 4.05. The minimum absolute atomic E-state index is 0.00226. The standard InChI is InChI=1S/C21H27N5O4S/c1-14(2)19-23-18(13-24(19)3)31(29,30)26-10-6-9-17(26)20-22-16-8-5-4-7-15(16)21(28)25(20)11-12-27/h4-5,7-8,13-14,17,27H,6,9-12H2,1-3H3. The predicted molar refractivity (Wildman–Crippen MR) is 116 cm³/mol. The second-order valence-electron chi connectivity index (χ2n) is 8.14. The Morgan fingerprint density at radius 1 is 1.23 bits per heavy atom. The molecule has 3 heterocycles. The minimum atomic E-state index is -3.89. The molecule has 1 fully saturated rings. The van der Waals surface area contributed by atoms with E-state index in [4.69, 9.17) is 0 Å². The summed E-state index contributed by atoms with van der Waals surface area (Å²) in [5.74, 6) is 1.13. The lowest BCUT2D eigenvalue weighted by Gasteiger charge is -2.25. The maximum atomic E-state index is 13.5. The lowest BCUT2D eigenvalue weighted by atomic mass is 10.2. The van der Waals surface area contributed by atoms with Gasteiger partial charge in [0.1, 0.15) is 11.6 Å². The highest BCUT2D eigenvalue weighted by atomic mass is 32.2. The molecule has 4 rings (SSSR count). The Morgan fingerprint density at radius 2 is 1.97 bits per heavy atom. The van der Waals surface area contributed by atoms with E-state index in [0.29, 0.717) is 41.9 Å². The molecule has 1 atom stereocenters. The molecule has 166 valence electrons. The second-order valence-corrected chi connectivity index (χ2v) is 9.98. The Bertz CT molecular complexity index is 1280. The first-order valence-electron chi connectivity index (χ1n) is 10.4. The zero-order chi connectivity index (χ0) is 22.3. The van der Waals surface area contributed by atoms with Gasteiger partial charge in [0, 0.05) is 25.7 Å². The van der Waals surface area contributed by atoms with Crippen molar-refractivity contribution in [3.05, 3.63) is 52.5 Å². The largest absolute Gasteiger partial charge is 0.395 e. The molecule has 0 saturated carbocycles. The summed E-state index contributed by atoms with van der Waals surface area (Å²) in [5.41, 5.74) is 0.236. The van der Waals surface area contributed by atoms with Gasteiger partial charge in [0.25, 0.3) is 15.6 Å². The van der Waals surface area contributed by atoms with Gasteiger partial charge in [-0.25, -0.2) is 18.4 Å². The Morgan fingerprint density at radius 3 is 2.65 bits per heavy atom. The van der Waals surface area contributed by atoms with Crippen molar-refractivity contribution in [1.29, 1.82) is 0 Å². The molecule has 9 nitrogen and oxygen atoms in total. The van der Waals surface area contributed by atoms with Crippen molar-refractivity contribution >= 4 is 20.9 Å². The van der Waals surface area contributed by atoms with Crippen molar-refractivity contribution in [2.45, 2.75) is 50.2 Å². The van der Waals surface area contributed by atoms with Gasteiger partial charge in [-0.15, -0.1) is 0 Å². The summed E-state index contributed by atoms with van der Waals surface area (Å²) in [4.78, 5) is 22.1. The fourth-order valence-electron chi connectivity index (χ4n) is 4.27. The summed E-state index contributed by atoms with van der Waals surface area (Å²) in [6.07, 6.45) is 2.73. The number of aryl methyl sites for hydroxylation is 1. The molecule has 31 heavy (non-hydrogen) atoms. The number of para-hydroxylation sites is 1. The van der Waals surface area contributed by atoms with Crippen LogP contribution in [0.5, 0.6) is 0 Å². The number of benzene rings is 1. The third kappa shape index (κ3) is 3.68. The second kappa shape index (κ2) is 8.18. The fourth-order valence-corrected chi connectivity index (χ4v) is 5.92. The summed E-state index contributed by atoms with van der Waals surface area (Å²) in [6, 6.07) is 6.38. The Labute approximate surface area is 181 Å². The topological polar surface area (TPSA) is 110 Å². The van der Waals surface area contributed by atoms with Gasteiger partial charge >= 0.3 is 0 Å². The van der Waals surface area contributed by atoms with Gasteiger partial charge in [-0.05, 0) is 25.0 Å². The molecule has 1 aromatic carbocycles. The first-order valence-corrected chi connectivity index (χ1v) is 11.8. The number of nitrogens with zero attached hydrogens (tertiary/aromatic N) is 5. The number of sulfonamides is 1. The van der Waals surface area contributed by atoms with E-state index in [9.17, 15) is 18.3 Å². The molecule has 1 unspecified atom stereocenters. The van der Waals surface area contributed by atoms with Gasteiger partial charge in [0.05, 0.1) is 30.1 Å². The van der Waals surface area contributed by atoms with Crippen LogP contribution < -0.4 is 5.56 Å². The monoisotopic (exact) mass is 445 g/mol. The number of fused-ring (bicyclic) bond motifs is 1. The van der Waals surface area contributed by atoms with E-state index < -0.39 is 16.1 Å². The van der Waals surface area contributed by atoms with E-state index in [1.807, 2.05) is 13.8 Å². The zero-order valence-electron chi connectivity index (χ0n) is 17.9. The van der Waals surface area contributed by atoms with E-state index >= 15 is 0 Å². The lowest BCUT2D eigenvalue weighted by Crippen LogP contribution is -2.36. The van der Waals surface area contributed by atoms with Crippen LogP contribution in [0.25, 0.3) is 10.9 Å². The van der Waals surface area contributed by atoms with E-state index in [2.05, 4.69) is 9.97 Å². The quantitative estimate of drug-likeness (QED) is 0.619. The molecular weight excluding hydrogens is 418 g/mol. The molecule has 0 amide bonds. The third-order valence-corrected chi connectivity index (χ3v) is 7.48. The van der Waals surface area contributed by atoms with Gasteiger partial charge < -0.3 is 9.67 Å². The molecule has 0 bridgehead atoms. The maximum absolute atomic E-state index is 13.5. The summed E-state index contributed by atoms with van der Waals surface area (Å²) < 4.78 is 31.5. The van der Waals surface area contributed by atoms with Gasteiger partial charge in [-0.2, -0.15) is 4.31 Å². The molecular formula is C21H27N5O4S. The Hall–Kier alpha value is -2.56. The van der Waals surface area contributed by atoms with Crippen LogP contribution in [0, 0.1) is 0 Å². The van der Waals surface area contributed by atoms with E-state index in [1.165, 1.54) is 15.1 Å². The van der Waals surface area contributed by atoms with Crippen molar-refractivity contribution in [3.63, 3.8) is 0 Å². The molecule has 0 radical (unpaired) electrons. The van der Waals surface area contributed by atoms with Gasteiger partial charge in [0.2, 0.25) is 0 Å². The van der Waals surface area contributed by atoms with Gasteiger partial charge in [0.15, 0.2) is 5.03 Å². The van der Waals surface area contributed by atoms with Crippen LogP contribution in [-0.2, 0) is 23.6 Å². The number of hydrogen-bond acceptors (Lipinski definition) is 6. The smallest absolute Gasteiger partial charge is 0.262 e. The first-order chi connectivity index (χ1) is 14.8. The summed E-state index contributed by atoms with van der Waals surface area (Å²) in [5, 5.41) is 9.99. The van der Waals surface area contributed by atoms with Crippen LogP contribution in [0.3, 0.4) is 0 Å². The molecule has 1 saturated heterocycles. The molecule has 1 N–H and O–H groups in total. The van der Waals surface area contributed by atoms with Crippen molar-refractivity contribution in [1.82, 2.24) is 23.4 Å². The van der Waals surface area contributed by atoms with E-state index in [-0.39, 0.29) is 29.7 Å². The fraction of sp³-hybridized carbons (Fsp3) is 0.476. The average Bonchev–Trinajstić information content (AvgIpc) is 3.38. The molecule has 3 aromatic rings. The van der Waals surface area contributed by atoms with Crippen LogP contribution >= 0.6 is 0 Å². The van der Waals surface area contributed by atoms with Crippen LogP contribution in [-0.4, -0.2) is 50.1 Å². The third-order valence-electron chi connectivity index (χ3n) is 5.70. The van der Waals surface area contributed by atoms with Gasteiger partial charge in [-0.1, -0.05) is 26.0 Å². The Balaban J connectivity index is 1.83. The highest BCUT2D eigenvalue weighted by Crippen LogP contribution is 2.36. The minimum Gasteiger partial charge on any atom is -0.395 e. The SMILES string of the molecule is CC(C)c1nc(S(=O)(=O)N2CCCC2c2nc3ccccc3c(=O)n2CCO)cn1C. The maximum Gasteiger partial charge on any atom is 0.262 e.